The lowest BCUT2D eigenvalue weighted by molar-refractivity contribution is -0.188. The smallest absolute Gasteiger partial charge is 0.339 e. The average molecular weight is 709 g/mol. The minimum absolute atomic E-state index is 0.0492. The monoisotopic (exact) mass is 708 g/mol. The van der Waals surface area contributed by atoms with Crippen molar-refractivity contribution in [1.82, 2.24) is 0 Å². The topological polar surface area (TPSA) is 122 Å². The summed E-state index contributed by atoms with van der Waals surface area (Å²) >= 11 is 0. The summed E-state index contributed by atoms with van der Waals surface area (Å²) in [7, 11) is 1.53. The predicted molar refractivity (Wildman–Crippen MR) is 197 cm³/mol. The van der Waals surface area contributed by atoms with Gasteiger partial charge in [-0.05, 0) is 100 Å². The van der Waals surface area contributed by atoms with Crippen LogP contribution in [0, 0.1) is 5.92 Å². The number of carbonyl (C=O) groups excluding carboxylic acids is 2. The second-order valence-corrected chi connectivity index (χ2v) is 14.6. The molecule has 3 aliphatic heterocycles. The van der Waals surface area contributed by atoms with Gasteiger partial charge < -0.3 is 28.5 Å². The first-order valence-corrected chi connectivity index (χ1v) is 18.1. The molecule has 0 unspecified atom stereocenters. The molecule has 4 aromatic rings. The van der Waals surface area contributed by atoms with E-state index in [1.54, 1.807) is 26.0 Å². The number of aryl methyl sites for hydroxylation is 2. The summed E-state index contributed by atoms with van der Waals surface area (Å²) in [5.41, 5.74) is 4.04. The van der Waals surface area contributed by atoms with Crippen molar-refractivity contribution < 1.29 is 38.1 Å². The summed E-state index contributed by atoms with van der Waals surface area (Å²) in [6.45, 7) is 7.15. The SMILES string of the molecule is COCCc1c(CO)c2ccc3c(c2oc1=O)[C@H]1OC(=O)C[C@H](CCc2ccccc2)Cc2ccc(cc2)CCC(=C(C)C)C(=O)O[C@@H]1C(C)(C)O3. The molecule has 9 heteroatoms. The number of aliphatic hydroxyl groups excluding tert-OH is 1. The summed E-state index contributed by atoms with van der Waals surface area (Å²) in [6.07, 6.45) is 1.38. The maximum atomic E-state index is 14.2. The lowest BCUT2D eigenvalue weighted by Crippen LogP contribution is -2.52. The van der Waals surface area contributed by atoms with Crippen LogP contribution in [0.3, 0.4) is 0 Å². The minimum atomic E-state index is -1.18. The Balaban J connectivity index is 1.47. The van der Waals surface area contributed by atoms with Crippen LogP contribution in [-0.2, 0) is 56.1 Å². The fraction of sp³-hybridized carbons (Fsp3) is 0.419. The van der Waals surface area contributed by atoms with Crippen LogP contribution in [0.1, 0.15) is 86.4 Å². The third kappa shape index (κ3) is 8.01. The molecule has 0 spiro atoms. The third-order valence-corrected chi connectivity index (χ3v) is 10.3. The van der Waals surface area contributed by atoms with E-state index in [0.717, 1.165) is 29.5 Å². The van der Waals surface area contributed by atoms with Crippen molar-refractivity contribution in [2.45, 2.75) is 97.1 Å². The number of hydrogen-bond donors (Lipinski definition) is 1. The Morgan fingerprint density at radius 2 is 1.60 bits per heavy atom. The normalized spacial score (nSPS) is 20.4. The van der Waals surface area contributed by atoms with Crippen molar-refractivity contribution in [3.05, 3.63) is 122 Å². The fourth-order valence-corrected chi connectivity index (χ4v) is 7.45. The van der Waals surface area contributed by atoms with Crippen LogP contribution in [0.25, 0.3) is 11.0 Å². The molecule has 7 rings (SSSR count). The molecule has 0 saturated carbocycles. The number of ether oxygens (including phenoxy) is 4. The highest BCUT2D eigenvalue weighted by atomic mass is 16.6. The average Bonchev–Trinajstić information content (AvgIpc) is 3.11. The molecule has 3 aromatic carbocycles. The van der Waals surface area contributed by atoms with Crippen LogP contribution in [0.2, 0.25) is 0 Å². The van der Waals surface area contributed by atoms with Crippen molar-refractivity contribution in [3.8, 4) is 5.75 Å². The number of fused-ring (bicyclic) bond motifs is 13. The van der Waals surface area contributed by atoms with Gasteiger partial charge in [-0.15, -0.1) is 0 Å². The quantitative estimate of drug-likeness (QED) is 0.120. The number of methoxy groups -OCH3 is 1. The van der Waals surface area contributed by atoms with Gasteiger partial charge in [-0.1, -0.05) is 60.2 Å². The Morgan fingerprint density at radius 1 is 0.865 bits per heavy atom. The van der Waals surface area contributed by atoms with Gasteiger partial charge in [0.05, 0.1) is 18.8 Å². The molecule has 0 saturated heterocycles. The summed E-state index contributed by atoms with van der Waals surface area (Å²) in [5, 5.41) is 11.0. The second-order valence-electron chi connectivity index (χ2n) is 14.6. The fourth-order valence-electron chi connectivity index (χ4n) is 7.45. The Hall–Kier alpha value is -4.73. The first-order chi connectivity index (χ1) is 25.0. The summed E-state index contributed by atoms with van der Waals surface area (Å²) in [6, 6.07) is 22.0. The van der Waals surface area contributed by atoms with Gasteiger partial charge in [-0.3, -0.25) is 4.79 Å². The van der Waals surface area contributed by atoms with Crippen LogP contribution >= 0.6 is 0 Å². The molecule has 52 heavy (non-hydrogen) atoms. The first kappa shape index (κ1) is 37.0. The zero-order valence-corrected chi connectivity index (χ0v) is 30.7. The summed E-state index contributed by atoms with van der Waals surface area (Å²) < 4.78 is 30.4. The third-order valence-electron chi connectivity index (χ3n) is 10.3. The van der Waals surface area contributed by atoms with Crippen molar-refractivity contribution >= 4 is 22.9 Å². The van der Waals surface area contributed by atoms with Crippen LogP contribution in [0.5, 0.6) is 5.75 Å². The number of aliphatic hydroxyl groups is 1. The number of hydrogen-bond acceptors (Lipinski definition) is 9. The molecule has 1 aromatic heterocycles. The highest BCUT2D eigenvalue weighted by Crippen LogP contribution is 2.47. The molecule has 0 amide bonds. The van der Waals surface area contributed by atoms with Crippen LogP contribution in [-0.4, -0.2) is 42.5 Å². The number of benzene rings is 3. The molecule has 2 bridgehead atoms. The van der Waals surface area contributed by atoms with E-state index in [9.17, 15) is 19.5 Å². The molecule has 1 N–H and O–H groups in total. The number of allylic oxidation sites excluding steroid dienone is 1. The van der Waals surface area contributed by atoms with Crippen LogP contribution < -0.4 is 10.4 Å². The van der Waals surface area contributed by atoms with Gasteiger partial charge >= 0.3 is 17.6 Å². The van der Waals surface area contributed by atoms with Crippen LogP contribution in [0.15, 0.2) is 87.1 Å². The Kier molecular flexibility index (Phi) is 11.3. The van der Waals surface area contributed by atoms with Crippen LogP contribution in [0.4, 0.5) is 0 Å². The Morgan fingerprint density at radius 3 is 2.29 bits per heavy atom. The van der Waals surface area contributed by atoms with E-state index >= 15 is 0 Å². The van der Waals surface area contributed by atoms with E-state index < -0.39 is 42.0 Å². The number of rotatable bonds is 7. The maximum Gasteiger partial charge on any atom is 0.339 e. The van der Waals surface area contributed by atoms with E-state index in [4.69, 9.17) is 23.4 Å². The molecule has 0 radical (unpaired) electrons. The van der Waals surface area contributed by atoms with Gasteiger partial charge in [0.1, 0.15) is 16.9 Å². The molecule has 9 nitrogen and oxygen atoms in total. The van der Waals surface area contributed by atoms with Crippen molar-refractivity contribution in [2.24, 2.45) is 5.92 Å². The van der Waals surface area contributed by atoms with E-state index in [1.807, 2.05) is 32.0 Å². The first-order valence-electron chi connectivity index (χ1n) is 18.1. The van der Waals surface area contributed by atoms with Gasteiger partial charge in [0.25, 0.3) is 0 Å². The lowest BCUT2D eigenvalue weighted by Gasteiger charge is -2.43. The van der Waals surface area contributed by atoms with E-state index in [0.29, 0.717) is 47.1 Å². The second kappa shape index (κ2) is 15.9. The Labute approximate surface area is 304 Å². The van der Waals surface area contributed by atoms with Crippen molar-refractivity contribution in [3.63, 3.8) is 0 Å². The molecular weight excluding hydrogens is 660 g/mol. The van der Waals surface area contributed by atoms with E-state index in [1.165, 1.54) is 12.7 Å². The highest BCUT2D eigenvalue weighted by Gasteiger charge is 2.50. The predicted octanol–water partition coefficient (Wildman–Crippen LogP) is 7.31. The molecule has 3 aliphatic rings. The molecule has 274 valence electrons. The Bertz CT molecular complexity index is 2000. The maximum absolute atomic E-state index is 14.2. The van der Waals surface area contributed by atoms with Gasteiger partial charge in [-0.2, -0.15) is 0 Å². The van der Waals surface area contributed by atoms with E-state index in [2.05, 4.69) is 36.4 Å². The van der Waals surface area contributed by atoms with Gasteiger partial charge in [-0.25, -0.2) is 9.59 Å². The zero-order valence-electron chi connectivity index (χ0n) is 30.7. The number of carbonyl (C=O) groups is 2. The van der Waals surface area contributed by atoms with Crippen molar-refractivity contribution in [1.29, 1.82) is 0 Å². The molecular formula is C43H48O9. The molecule has 0 fully saturated rings. The minimum Gasteiger partial charge on any atom is -0.483 e. The molecule has 3 atom stereocenters. The highest BCUT2D eigenvalue weighted by molar-refractivity contribution is 5.90. The van der Waals surface area contributed by atoms with Gasteiger partial charge in [0.15, 0.2) is 12.2 Å². The molecule has 4 heterocycles. The van der Waals surface area contributed by atoms with Gasteiger partial charge in [0, 0.05) is 36.5 Å². The van der Waals surface area contributed by atoms with E-state index in [-0.39, 0.29) is 36.5 Å². The lowest BCUT2D eigenvalue weighted by atomic mass is 9.86. The standard InChI is InChI=1S/C43H48O9/c1-26(2)31-18-17-28-11-14-29(15-12-28)23-30(16-13-27-9-7-6-8-10-27)24-36(45)49-39-37-35(52-43(3,4)40(39)51-41(31)46)20-19-32-34(25-44)33(21-22-48-5)42(47)50-38(32)37/h6-12,14-15,19-20,30,39-40,44H,13,16-18,21-25H2,1-5H3/t30-,39-,40+/m1/s1. The zero-order chi connectivity index (χ0) is 37.0. The molecule has 0 aliphatic carbocycles. The largest absolute Gasteiger partial charge is 0.483 e. The summed E-state index contributed by atoms with van der Waals surface area (Å²) in [4.78, 5) is 41.8. The number of esters is 2. The van der Waals surface area contributed by atoms with Gasteiger partial charge in [0.2, 0.25) is 0 Å². The van der Waals surface area contributed by atoms with Crippen molar-refractivity contribution in [2.75, 3.05) is 13.7 Å². The summed E-state index contributed by atoms with van der Waals surface area (Å²) in [5.74, 6) is -0.726.